The van der Waals surface area contributed by atoms with Crippen molar-refractivity contribution in [3.63, 3.8) is 0 Å². The van der Waals surface area contributed by atoms with Crippen molar-refractivity contribution >= 4 is 17.5 Å². The van der Waals surface area contributed by atoms with Gasteiger partial charge in [-0.2, -0.15) is 0 Å². The zero-order valence-corrected chi connectivity index (χ0v) is 21.5. The van der Waals surface area contributed by atoms with E-state index in [2.05, 4.69) is 36.1 Å². The highest BCUT2D eigenvalue weighted by Gasteiger charge is 2.44. The van der Waals surface area contributed by atoms with E-state index in [0.29, 0.717) is 31.9 Å². The first-order valence-electron chi connectivity index (χ1n) is 12.4. The quantitative estimate of drug-likeness (QED) is 0.634. The summed E-state index contributed by atoms with van der Waals surface area (Å²) in [5.41, 5.74) is 3.40. The summed E-state index contributed by atoms with van der Waals surface area (Å²) in [6, 6.07) is 14.1. The molecular weight excluding hydrogens is 442 g/mol. The molecule has 2 atom stereocenters. The normalized spacial score (nSPS) is 20.3. The number of piperazine rings is 1. The smallest absolute Gasteiger partial charge is 0.228 e. The lowest BCUT2D eigenvalue weighted by molar-refractivity contribution is -0.136. The van der Waals surface area contributed by atoms with Crippen molar-refractivity contribution in [2.24, 2.45) is 11.8 Å². The van der Waals surface area contributed by atoms with E-state index in [0.717, 1.165) is 24.4 Å². The van der Waals surface area contributed by atoms with Gasteiger partial charge >= 0.3 is 0 Å². The molecule has 2 fully saturated rings. The number of amides is 2. The SMILES string of the molecule is COc1ccc(OC)c(C2CN(C(=O)C(C)C)CC2C(=O)N2CCN(c3ccccc3C)CC2)c1. The predicted molar refractivity (Wildman–Crippen MR) is 137 cm³/mol. The number of likely N-dealkylation sites (tertiary alicyclic amines) is 1. The molecule has 2 aliphatic rings. The van der Waals surface area contributed by atoms with E-state index in [1.165, 1.54) is 11.3 Å². The molecule has 35 heavy (non-hydrogen) atoms. The number of benzene rings is 2. The fourth-order valence-electron chi connectivity index (χ4n) is 5.36. The minimum atomic E-state index is -0.316. The standard InChI is InChI=1S/C28H37N3O4/c1-19(2)27(32)31-17-23(22-16-21(34-4)10-11-26(22)35-5)24(18-31)28(33)30-14-12-29(13-15-30)25-9-7-6-8-20(25)3/h6-11,16,19,23-24H,12-15,17-18H2,1-5H3. The molecule has 2 aromatic carbocycles. The van der Waals surface area contributed by atoms with Gasteiger partial charge < -0.3 is 24.2 Å². The first kappa shape index (κ1) is 24.9. The molecule has 4 rings (SSSR count). The van der Waals surface area contributed by atoms with Crippen LogP contribution in [-0.4, -0.2) is 75.1 Å². The highest BCUT2D eigenvalue weighted by Crippen LogP contribution is 2.40. The first-order valence-corrected chi connectivity index (χ1v) is 12.4. The summed E-state index contributed by atoms with van der Waals surface area (Å²) in [5, 5.41) is 0. The molecule has 0 aromatic heterocycles. The lowest BCUT2D eigenvalue weighted by Gasteiger charge is -2.38. The summed E-state index contributed by atoms with van der Waals surface area (Å²) in [4.78, 5) is 33.0. The summed E-state index contributed by atoms with van der Waals surface area (Å²) in [6.07, 6.45) is 0. The van der Waals surface area contributed by atoms with E-state index in [1.807, 2.05) is 41.8 Å². The summed E-state index contributed by atoms with van der Waals surface area (Å²) in [6.45, 7) is 9.80. The first-order chi connectivity index (χ1) is 16.8. The molecule has 2 unspecified atom stereocenters. The molecule has 7 heteroatoms. The summed E-state index contributed by atoms with van der Waals surface area (Å²) in [7, 11) is 3.27. The van der Waals surface area contributed by atoms with Crippen molar-refractivity contribution in [1.82, 2.24) is 9.80 Å². The Kier molecular flexibility index (Phi) is 7.53. The van der Waals surface area contributed by atoms with Gasteiger partial charge in [0.15, 0.2) is 0 Å². The molecule has 7 nitrogen and oxygen atoms in total. The van der Waals surface area contributed by atoms with Crippen molar-refractivity contribution in [1.29, 1.82) is 0 Å². The van der Waals surface area contributed by atoms with E-state index in [4.69, 9.17) is 9.47 Å². The molecule has 2 heterocycles. The maximum atomic E-state index is 13.9. The van der Waals surface area contributed by atoms with Gasteiger partial charge in [-0.1, -0.05) is 32.0 Å². The zero-order valence-electron chi connectivity index (χ0n) is 21.5. The molecule has 2 amide bonds. The number of nitrogens with zero attached hydrogens (tertiary/aromatic N) is 3. The van der Waals surface area contributed by atoms with Crippen LogP contribution in [0.4, 0.5) is 5.69 Å². The minimum absolute atomic E-state index is 0.0801. The number of hydrogen-bond acceptors (Lipinski definition) is 5. The van der Waals surface area contributed by atoms with Crippen LogP contribution in [0.3, 0.4) is 0 Å². The van der Waals surface area contributed by atoms with Gasteiger partial charge in [-0.3, -0.25) is 9.59 Å². The monoisotopic (exact) mass is 479 g/mol. The van der Waals surface area contributed by atoms with Crippen LogP contribution >= 0.6 is 0 Å². The van der Waals surface area contributed by atoms with E-state index in [9.17, 15) is 9.59 Å². The number of methoxy groups -OCH3 is 2. The number of carbonyl (C=O) groups excluding carboxylic acids is 2. The predicted octanol–water partition coefficient (Wildman–Crippen LogP) is 3.56. The fourth-order valence-corrected chi connectivity index (χ4v) is 5.36. The number of rotatable bonds is 6. The molecule has 0 saturated carbocycles. The van der Waals surface area contributed by atoms with E-state index in [1.54, 1.807) is 14.2 Å². The second kappa shape index (κ2) is 10.6. The Hall–Kier alpha value is -3.22. The van der Waals surface area contributed by atoms with Crippen molar-refractivity contribution < 1.29 is 19.1 Å². The topological polar surface area (TPSA) is 62.3 Å². The number of ether oxygens (including phenoxy) is 2. The number of carbonyl (C=O) groups is 2. The summed E-state index contributed by atoms with van der Waals surface area (Å²) >= 11 is 0. The Morgan fingerprint density at radius 3 is 2.26 bits per heavy atom. The Labute approximate surface area is 208 Å². The van der Waals surface area contributed by atoms with Crippen molar-refractivity contribution in [2.45, 2.75) is 26.7 Å². The Morgan fingerprint density at radius 1 is 0.914 bits per heavy atom. The van der Waals surface area contributed by atoms with Crippen LogP contribution in [0.1, 0.15) is 30.9 Å². The third-order valence-corrected chi connectivity index (χ3v) is 7.33. The summed E-state index contributed by atoms with van der Waals surface area (Å²) in [5.74, 6) is 1.05. The van der Waals surface area contributed by atoms with Crippen LogP contribution in [0.15, 0.2) is 42.5 Å². The molecule has 2 aromatic rings. The Morgan fingerprint density at radius 2 is 1.63 bits per heavy atom. The zero-order chi connectivity index (χ0) is 25.1. The van der Waals surface area contributed by atoms with Gasteiger partial charge in [-0.15, -0.1) is 0 Å². The number of hydrogen-bond donors (Lipinski definition) is 0. The number of para-hydroxylation sites is 1. The average molecular weight is 480 g/mol. The summed E-state index contributed by atoms with van der Waals surface area (Å²) < 4.78 is 11.1. The third-order valence-electron chi connectivity index (χ3n) is 7.33. The second-order valence-electron chi connectivity index (χ2n) is 9.82. The highest BCUT2D eigenvalue weighted by molar-refractivity contribution is 5.84. The fraction of sp³-hybridized carbons (Fsp3) is 0.500. The number of aryl methyl sites for hydroxylation is 1. The van der Waals surface area contributed by atoms with Gasteiger partial charge in [0.25, 0.3) is 0 Å². The third kappa shape index (κ3) is 5.09. The van der Waals surface area contributed by atoms with E-state index in [-0.39, 0.29) is 29.6 Å². The van der Waals surface area contributed by atoms with Crippen LogP contribution in [-0.2, 0) is 9.59 Å². The Balaban J connectivity index is 1.56. The van der Waals surface area contributed by atoms with Crippen LogP contribution in [0.5, 0.6) is 11.5 Å². The van der Waals surface area contributed by atoms with Crippen molar-refractivity contribution in [3.05, 3.63) is 53.6 Å². The minimum Gasteiger partial charge on any atom is -0.497 e. The van der Waals surface area contributed by atoms with Crippen molar-refractivity contribution in [2.75, 3.05) is 58.4 Å². The van der Waals surface area contributed by atoms with Crippen LogP contribution in [0.2, 0.25) is 0 Å². The van der Waals surface area contributed by atoms with Gasteiger partial charge in [0.2, 0.25) is 11.8 Å². The second-order valence-corrected chi connectivity index (χ2v) is 9.82. The maximum absolute atomic E-state index is 13.9. The van der Waals surface area contributed by atoms with Crippen LogP contribution in [0.25, 0.3) is 0 Å². The molecule has 0 aliphatic carbocycles. The molecular formula is C28H37N3O4. The van der Waals surface area contributed by atoms with Gasteiger partial charge in [-0.05, 0) is 36.8 Å². The lowest BCUT2D eigenvalue weighted by atomic mass is 9.87. The number of anilines is 1. The van der Waals surface area contributed by atoms with Gasteiger partial charge in [-0.25, -0.2) is 0 Å². The van der Waals surface area contributed by atoms with Gasteiger partial charge in [0.05, 0.1) is 20.1 Å². The molecule has 188 valence electrons. The van der Waals surface area contributed by atoms with Gasteiger partial charge in [0, 0.05) is 62.4 Å². The van der Waals surface area contributed by atoms with E-state index >= 15 is 0 Å². The molecule has 2 saturated heterocycles. The molecule has 0 spiro atoms. The van der Waals surface area contributed by atoms with Crippen LogP contribution < -0.4 is 14.4 Å². The highest BCUT2D eigenvalue weighted by atomic mass is 16.5. The molecule has 0 N–H and O–H groups in total. The Bertz CT molecular complexity index is 1060. The largest absolute Gasteiger partial charge is 0.497 e. The molecule has 2 aliphatic heterocycles. The van der Waals surface area contributed by atoms with E-state index < -0.39 is 0 Å². The molecule has 0 radical (unpaired) electrons. The molecule has 0 bridgehead atoms. The lowest BCUT2D eigenvalue weighted by Crippen LogP contribution is -2.51. The maximum Gasteiger partial charge on any atom is 0.228 e. The average Bonchev–Trinajstić information content (AvgIpc) is 3.33. The van der Waals surface area contributed by atoms with Gasteiger partial charge in [0.1, 0.15) is 11.5 Å². The van der Waals surface area contributed by atoms with Crippen molar-refractivity contribution in [3.8, 4) is 11.5 Å². The van der Waals surface area contributed by atoms with Crippen LogP contribution in [0, 0.1) is 18.8 Å².